The Morgan fingerprint density at radius 2 is 1.68 bits per heavy atom. The summed E-state index contributed by atoms with van der Waals surface area (Å²) < 4.78 is 9.74. The van der Waals surface area contributed by atoms with Crippen molar-refractivity contribution >= 4 is 73.1 Å². The van der Waals surface area contributed by atoms with Gasteiger partial charge in [0.05, 0.1) is 7.11 Å². The number of thiazole rings is 1. The van der Waals surface area contributed by atoms with E-state index in [1.165, 1.54) is 32.0 Å². The van der Waals surface area contributed by atoms with E-state index in [0.29, 0.717) is 0 Å². The Morgan fingerprint density at radius 1 is 1.03 bits per heavy atom. The number of fused-ring (bicyclic) bond motifs is 1. The van der Waals surface area contributed by atoms with E-state index in [1.54, 1.807) is 18.4 Å². The Morgan fingerprint density at radius 3 is 2.26 bits per heavy atom. The quantitative estimate of drug-likeness (QED) is 0.145. The summed E-state index contributed by atoms with van der Waals surface area (Å²) in [5.74, 6) is 0.852. The van der Waals surface area contributed by atoms with E-state index in [2.05, 4.69) is 94.7 Å². The van der Waals surface area contributed by atoms with Crippen molar-refractivity contribution in [3.8, 4) is 5.75 Å². The van der Waals surface area contributed by atoms with Crippen molar-refractivity contribution < 1.29 is 9.30 Å². The maximum atomic E-state index is 6.25. The van der Waals surface area contributed by atoms with Crippen LogP contribution in [-0.4, -0.2) is 21.2 Å². The zero-order valence-electron chi connectivity index (χ0n) is 17.6. The van der Waals surface area contributed by atoms with Crippen molar-refractivity contribution in [3.05, 3.63) is 87.9 Å². The second kappa shape index (κ2) is 9.59. The molecular formula is C25H23ClIN2OS+. The lowest BCUT2D eigenvalue weighted by molar-refractivity contribution is -0.641. The third-order valence-electron chi connectivity index (χ3n) is 5.18. The van der Waals surface area contributed by atoms with E-state index in [1.807, 2.05) is 24.3 Å². The number of alkyl halides is 1. The SMILES string of the molecule is COc1ccc(/C(=C/c2sc3cc(Cl)ccc3[n+]2CI)c2ccc(N(C)C)cc2)cc1. The molecule has 0 aliphatic rings. The lowest BCUT2D eigenvalue weighted by Crippen LogP contribution is -2.32. The smallest absolute Gasteiger partial charge is 0.264 e. The first-order valence-corrected chi connectivity index (χ1v) is 12.5. The van der Waals surface area contributed by atoms with Gasteiger partial charge in [-0.2, -0.15) is 4.57 Å². The number of methoxy groups -OCH3 is 1. The third-order valence-corrected chi connectivity index (χ3v) is 7.19. The fourth-order valence-electron chi connectivity index (χ4n) is 3.48. The molecule has 0 fully saturated rings. The van der Waals surface area contributed by atoms with Gasteiger partial charge < -0.3 is 9.64 Å². The third kappa shape index (κ3) is 4.73. The number of halogens is 2. The van der Waals surface area contributed by atoms with Gasteiger partial charge in [-0.1, -0.05) is 47.2 Å². The van der Waals surface area contributed by atoms with Crippen LogP contribution >= 0.6 is 45.5 Å². The maximum Gasteiger partial charge on any atom is 0.264 e. The molecule has 31 heavy (non-hydrogen) atoms. The van der Waals surface area contributed by atoms with Crippen molar-refractivity contribution in [2.45, 2.75) is 4.55 Å². The highest BCUT2D eigenvalue weighted by Crippen LogP contribution is 2.32. The molecule has 0 bridgehead atoms. The standard InChI is InChI=1S/C25H23ClIN2OS/c1-28(2)20-9-4-17(5-10-20)22(18-6-11-21(30-3)12-7-18)15-25-29(16-27)23-13-8-19(26)14-24(23)31-25/h4-15H,16H2,1-3H3/q+1. The van der Waals surface area contributed by atoms with E-state index in [-0.39, 0.29) is 0 Å². The molecule has 0 atom stereocenters. The molecule has 0 amide bonds. The highest BCUT2D eigenvalue weighted by atomic mass is 127. The predicted octanol–water partition coefficient (Wildman–Crippen LogP) is 6.90. The number of benzene rings is 3. The average molecular weight is 562 g/mol. The van der Waals surface area contributed by atoms with Crippen LogP contribution in [0.25, 0.3) is 21.9 Å². The first-order chi connectivity index (χ1) is 15.0. The highest BCUT2D eigenvalue weighted by Gasteiger charge is 2.20. The van der Waals surface area contributed by atoms with Gasteiger partial charge in [0.2, 0.25) is 5.52 Å². The van der Waals surface area contributed by atoms with E-state index < -0.39 is 0 Å². The first-order valence-electron chi connectivity index (χ1n) is 9.82. The second-order valence-corrected chi connectivity index (χ2v) is 9.51. The maximum absolute atomic E-state index is 6.25. The normalized spacial score (nSPS) is 11.7. The van der Waals surface area contributed by atoms with E-state index in [9.17, 15) is 0 Å². The molecule has 0 unspecified atom stereocenters. The number of nitrogens with zero attached hydrogens (tertiary/aromatic N) is 2. The molecule has 1 aromatic heterocycles. The van der Waals surface area contributed by atoms with Crippen molar-refractivity contribution in [1.29, 1.82) is 0 Å². The minimum absolute atomic E-state index is 0.763. The van der Waals surface area contributed by atoms with Crippen molar-refractivity contribution in [3.63, 3.8) is 0 Å². The number of anilines is 1. The van der Waals surface area contributed by atoms with Crippen LogP contribution in [0, 0.1) is 0 Å². The Bertz CT molecular complexity index is 1230. The molecule has 4 aromatic rings. The fraction of sp³-hybridized carbons (Fsp3) is 0.160. The molecule has 0 spiro atoms. The largest absolute Gasteiger partial charge is 0.497 e. The monoisotopic (exact) mass is 561 g/mol. The van der Waals surface area contributed by atoms with Crippen LogP contribution in [-0.2, 0) is 4.55 Å². The first kappa shape index (κ1) is 22.1. The van der Waals surface area contributed by atoms with Gasteiger partial charge in [0.25, 0.3) is 5.01 Å². The summed E-state index contributed by atoms with van der Waals surface area (Å²) >= 11 is 10.4. The molecule has 4 rings (SSSR count). The zero-order chi connectivity index (χ0) is 22.0. The van der Waals surface area contributed by atoms with Crippen LogP contribution in [0.5, 0.6) is 5.75 Å². The Labute approximate surface area is 205 Å². The molecule has 0 aliphatic carbocycles. The molecule has 6 heteroatoms. The summed E-state index contributed by atoms with van der Waals surface area (Å²) in [6.45, 7) is 0. The van der Waals surface area contributed by atoms with Crippen molar-refractivity contribution in [2.75, 3.05) is 26.1 Å². The van der Waals surface area contributed by atoms with Crippen LogP contribution in [0.2, 0.25) is 5.02 Å². The van der Waals surface area contributed by atoms with Gasteiger partial charge in [0, 0.05) is 36.9 Å². The van der Waals surface area contributed by atoms with Crippen LogP contribution in [0.4, 0.5) is 5.69 Å². The molecule has 0 radical (unpaired) electrons. The number of hydrogen-bond donors (Lipinski definition) is 0. The van der Waals surface area contributed by atoms with Gasteiger partial charge in [0.1, 0.15) is 10.4 Å². The predicted molar refractivity (Wildman–Crippen MR) is 142 cm³/mol. The summed E-state index contributed by atoms with van der Waals surface area (Å²) in [7, 11) is 5.80. The molecule has 158 valence electrons. The number of hydrogen-bond acceptors (Lipinski definition) is 3. The molecule has 3 nitrogen and oxygen atoms in total. The summed E-state index contributed by atoms with van der Waals surface area (Å²) in [6.07, 6.45) is 2.28. The van der Waals surface area contributed by atoms with Gasteiger partial charge in [-0.15, -0.1) is 0 Å². The van der Waals surface area contributed by atoms with Crippen LogP contribution in [0.15, 0.2) is 66.7 Å². The molecule has 0 saturated heterocycles. The van der Waals surface area contributed by atoms with Gasteiger partial charge >= 0.3 is 0 Å². The molecule has 3 aromatic carbocycles. The van der Waals surface area contributed by atoms with Crippen molar-refractivity contribution in [1.82, 2.24) is 0 Å². The van der Waals surface area contributed by atoms with E-state index in [0.717, 1.165) is 20.9 Å². The molecule has 0 aliphatic heterocycles. The van der Waals surface area contributed by atoms with E-state index >= 15 is 0 Å². The number of aromatic nitrogens is 1. The van der Waals surface area contributed by atoms with Crippen LogP contribution < -0.4 is 14.2 Å². The fourth-order valence-corrected chi connectivity index (χ4v) is 5.82. The Kier molecular flexibility index (Phi) is 6.84. The van der Waals surface area contributed by atoms with Gasteiger partial charge in [0.15, 0.2) is 4.55 Å². The van der Waals surface area contributed by atoms with E-state index in [4.69, 9.17) is 16.3 Å². The second-order valence-electron chi connectivity index (χ2n) is 7.33. The summed E-state index contributed by atoms with van der Waals surface area (Å²) in [6, 6.07) is 23.0. The highest BCUT2D eigenvalue weighted by molar-refractivity contribution is 14.1. The lowest BCUT2D eigenvalue weighted by Gasteiger charge is -2.14. The minimum Gasteiger partial charge on any atom is -0.497 e. The van der Waals surface area contributed by atoms with Gasteiger partial charge in [-0.25, -0.2) is 0 Å². The molecule has 0 N–H and O–H groups in total. The van der Waals surface area contributed by atoms with Gasteiger partial charge in [-0.3, -0.25) is 0 Å². The minimum atomic E-state index is 0.763. The Balaban J connectivity index is 1.89. The topological polar surface area (TPSA) is 16.4 Å². The average Bonchev–Trinajstić information content (AvgIpc) is 3.13. The van der Waals surface area contributed by atoms with Crippen molar-refractivity contribution in [2.24, 2.45) is 0 Å². The van der Waals surface area contributed by atoms with Crippen LogP contribution in [0.3, 0.4) is 0 Å². The molecular weight excluding hydrogens is 539 g/mol. The van der Waals surface area contributed by atoms with Gasteiger partial charge in [-0.05, 0) is 75.7 Å². The lowest BCUT2D eigenvalue weighted by atomic mass is 9.97. The van der Waals surface area contributed by atoms with Crippen LogP contribution in [0.1, 0.15) is 16.1 Å². The number of ether oxygens (including phenoxy) is 1. The summed E-state index contributed by atoms with van der Waals surface area (Å²) in [5, 5.41) is 1.95. The molecule has 1 heterocycles. The molecule has 0 saturated carbocycles. The number of rotatable bonds is 6. The Hall–Kier alpha value is -2.09. The summed E-state index contributed by atoms with van der Waals surface area (Å²) in [4.78, 5) is 2.11. The summed E-state index contributed by atoms with van der Waals surface area (Å²) in [5.41, 5.74) is 5.87. The zero-order valence-corrected chi connectivity index (χ0v) is 21.3.